The summed E-state index contributed by atoms with van der Waals surface area (Å²) in [5.74, 6) is -0.0754. The Kier molecular flexibility index (Phi) is 5.34. The van der Waals surface area contributed by atoms with Crippen LogP contribution < -0.4 is 5.32 Å². The summed E-state index contributed by atoms with van der Waals surface area (Å²) < 4.78 is 5.87. The molecule has 2 saturated heterocycles. The van der Waals surface area contributed by atoms with Crippen molar-refractivity contribution in [3.05, 3.63) is 70.9 Å². The number of furan rings is 1. The maximum Gasteiger partial charge on any atom is 0.326 e. The van der Waals surface area contributed by atoms with Gasteiger partial charge in [0.25, 0.3) is 11.8 Å². The van der Waals surface area contributed by atoms with Crippen LogP contribution in [-0.4, -0.2) is 65.4 Å². The Bertz CT molecular complexity index is 1220. The van der Waals surface area contributed by atoms with Crippen molar-refractivity contribution in [2.75, 3.05) is 32.8 Å². The molecule has 3 heterocycles. The van der Waals surface area contributed by atoms with E-state index in [9.17, 15) is 14.4 Å². The number of fused-ring (bicyclic) bond motifs is 1. The van der Waals surface area contributed by atoms with Gasteiger partial charge in [-0.15, -0.1) is 0 Å². The molecule has 0 saturated carbocycles. The quantitative estimate of drug-likeness (QED) is 0.596. The van der Waals surface area contributed by atoms with Gasteiger partial charge in [0, 0.05) is 31.6 Å². The van der Waals surface area contributed by atoms with Gasteiger partial charge in [-0.1, -0.05) is 41.9 Å². The van der Waals surface area contributed by atoms with Crippen molar-refractivity contribution in [1.29, 1.82) is 0 Å². The van der Waals surface area contributed by atoms with Gasteiger partial charge in [0.15, 0.2) is 5.54 Å². The second kappa shape index (κ2) is 8.20. The molecule has 5 rings (SSSR count). The molecule has 0 bridgehead atoms. The first-order valence-corrected chi connectivity index (χ1v) is 11.1. The van der Waals surface area contributed by atoms with E-state index in [4.69, 9.17) is 16.0 Å². The van der Waals surface area contributed by atoms with E-state index in [1.807, 2.05) is 29.2 Å². The summed E-state index contributed by atoms with van der Waals surface area (Å²) in [6.07, 6.45) is 0. The predicted molar refractivity (Wildman–Crippen MR) is 123 cm³/mol. The Balaban J connectivity index is 1.25. The second-order valence-corrected chi connectivity index (χ2v) is 8.88. The maximum absolute atomic E-state index is 13.3. The molecule has 170 valence electrons. The summed E-state index contributed by atoms with van der Waals surface area (Å²) in [5.41, 5.74) is -0.130. The number of rotatable bonds is 4. The van der Waals surface area contributed by atoms with Crippen LogP contribution in [0.2, 0.25) is 5.02 Å². The molecule has 1 atom stereocenters. The smallest absolute Gasteiger partial charge is 0.326 e. The fourth-order valence-electron chi connectivity index (χ4n) is 4.32. The average molecular weight is 467 g/mol. The Labute approximate surface area is 195 Å². The summed E-state index contributed by atoms with van der Waals surface area (Å²) in [7, 11) is 0. The SMILES string of the molecule is CC1(c2cc3ccccc3o2)NC(=O)N(CN2CCN(C(=O)c3ccccc3Cl)CC2)C1=O. The summed E-state index contributed by atoms with van der Waals surface area (Å²) in [6.45, 7) is 3.84. The molecule has 3 aromatic rings. The molecule has 9 heteroatoms. The Hall–Kier alpha value is -3.36. The van der Waals surface area contributed by atoms with E-state index in [1.165, 1.54) is 4.90 Å². The van der Waals surface area contributed by atoms with Gasteiger partial charge in [-0.2, -0.15) is 0 Å². The number of nitrogens with one attached hydrogen (secondary N) is 1. The molecule has 8 nitrogen and oxygen atoms in total. The van der Waals surface area contributed by atoms with Crippen molar-refractivity contribution in [2.45, 2.75) is 12.5 Å². The number of nitrogens with zero attached hydrogens (tertiary/aromatic N) is 3. The molecular weight excluding hydrogens is 444 g/mol. The number of urea groups is 1. The first-order chi connectivity index (χ1) is 15.9. The third-order valence-electron chi connectivity index (χ3n) is 6.30. The molecule has 4 amide bonds. The van der Waals surface area contributed by atoms with E-state index in [0.29, 0.717) is 48.1 Å². The fraction of sp³-hybridized carbons (Fsp3) is 0.292. The van der Waals surface area contributed by atoms with Gasteiger partial charge in [0.1, 0.15) is 11.3 Å². The van der Waals surface area contributed by atoms with Gasteiger partial charge in [-0.25, -0.2) is 9.69 Å². The van der Waals surface area contributed by atoms with Crippen LogP contribution in [0.25, 0.3) is 11.0 Å². The highest BCUT2D eigenvalue weighted by molar-refractivity contribution is 6.33. The lowest BCUT2D eigenvalue weighted by Gasteiger charge is -2.36. The molecule has 2 aliphatic heterocycles. The number of hydrogen-bond acceptors (Lipinski definition) is 5. The lowest BCUT2D eigenvalue weighted by atomic mass is 9.99. The highest BCUT2D eigenvalue weighted by atomic mass is 35.5. The average Bonchev–Trinajstić information content (AvgIpc) is 3.35. The number of para-hydroxylation sites is 1. The van der Waals surface area contributed by atoms with Gasteiger partial charge >= 0.3 is 6.03 Å². The lowest BCUT2D eigenvalue weighted by Crippen LogP contribution is -2.52. The van der Waals surface area contributed by atoms with Crippen LogP contribution in [0.3, 0.4) is 0 Å². The number of benzene rings is 2. The second-order valence-electron chi connectivity index (χ2n) is 8.47. The van der Waals surface area contributed by atoms with Crippen LogP contribution in [0.1, 0.15) is 23.0 Å². The van der Waals surface area contributed by atoms with E-state index < -0.39 is 11.6 Å². The minimum absolute atomic E-state index is 0.118. The zero-order valence-electron chi connectivity index (χ0n) is 18.1. The number of carbonyl (C=O) groups excluding carboxylic acids is 3. The maximum atomic E-state index is 13.3. The Morgan fingerprint density at radius 1 is 1.06 bits per heavy atom. The minimum Gasteiger partial charge on any atom is -0.458 e. The molecule has 1 aromatic heterocycles. The van der Waals surface area contributed by atoms with Crippen LogP contribution in [0.4, 0.5) is 4.79 Å². The van der Waals surface area contributed by atoms with Crippen molar-refractivity contribution in [1.82, 2.24) is 20.0 Å². The number of halogens is 1. The van der Waals surface area contributed by atoms with E-state index in [2.05, 4.69) is 5.32 Å². The third kappa shape index (κ3) is 3.75. The molecule has 2 fully saturated rings. The van der Waals surface area contributed by atoms with Crippen molar-refractivity contribution >= 4 is 40.4 Å². The van der Waals surface area contributed by atoms with Crippen LogP contribution in [0, 0.1) is 0 Å². The van der Waals surface area contributed by atoms with Crippen molar-refractivity contribution < 1.29 is 18.8 Å². The number of hydrogen-bond donors (Lipinski definition) is 1. The van der Waals surface area contributed by atoms with E-state index in [-0.39, 0.29) is 18.5 Å². The first-order valence-electron chi connectivity index (χ1n) is 10.8. The molecule has 33 heavy (non-hydrogen) atoms. The molecule has 2 aliphatic rings. The summed E-state index contributed by atoms with van der Waals surface area (Å²) >= 11 is 6.16. The van der Waals surface area contributed by atoms with Gasteiger partial charge in [-0.3, -0.25) is 14.5 Å². The zero-order chi connectivity index (χ0) is 23.2. The van der Waals surface area contributed by atoms with Crippen molar-refractivity contribution in [2.24, 2.45) is 0 Å². The monoisotopic (exact) mass is 466 g/mol. The van der Waals surface area contributed by atoms with E-state index >= 15 is 0 Å². The van der Waals surface area contributed by atoms with Crippen LogP contribution >= 0.6 is 11.6 Å². The molecule has 1 N–H and O–H groups in total. The third-order valence-corrected chi connectivity index (χ3v) is 6.63. The fourth-order valence-corrected chi connectivity index (χ4v) is 4.53. The first kappa shape index (κ1) is 21.5. The summed E-state index contributed by atoms with van der Waals surface area (Å²) in [5, 5.41) is 4.08. The van der Waals surface area contributed by atoms with Crippen LogP contribution in [0.15, 0.2) is 59.0 Å². The van der Waals surface area contributed by atoms with Gasteiger partial charge in [0.2, 0.25) is 0 Å². The van der Waals surface area contributed by atoms with Crippen LogP contribution in [-0.2, 0) is 10.3 Å². The molecule has 0 radical (unpaired) electrons. The normalized spacial score (nSPS) is 21.6. The molecule has 0 aliphatic carbocycles. The predicted octanol–water partition coefficient (Wildman–Crippen LogP) is 3.27. The standard InChI is InChI=1S/C24H23ClN4O4/c1-24(20-14-16-6-2-5-9-19(16)33-20)22(31)29(23(32)26-24)15-27-10-12-28(13-11-27)21(30)17-7-3-4-8-18(17)25/h2-9,14H,10-13,15H2,1H3,(H,26,32). The minimum atomic E-state index is -1.27. The highest BCUT2D eigenvalue weighted by Crippen LogP contribution is 2.33. The molecular formula is C24H23ClN4O4. The Morgan fingerprint density at radius 2 is 1.76 bits per heavy atom. The van der Waals surface area contributed by atoms with Gasteiger partial charge in [-0.05, 0) is 31.2 Å². The molecule has 1 unspecified atom stereocenters. The van der Waals surface area contributed by atoms with Crippen LogP contribution in [0.5, 0.6) is 0 Å². The van der Waals surface area contributed by atoms with E-state index in [0.717, 1.165) is 5.39 Å². The summed E-state index contributed by atoms with van der Waals surface area (Å²) in [6, 6.07) is 15.8. The van der Waals surface area contributed by atoms with Gasteiger partial charge in [0.05, 0.1) is 17.3 Å². The van der Waals surface area contributed by atoms with Gasteiger partial charge < -0.3 is 14.6 Å². The zero-order valence-corrected chi connectivity index (χ0v) is 18.8. The molecule has 0 spiro atoms. The Morgan fingerprint density at radius 3 is 2.48 bits per heavy atom. The number of imide groups is 1. The lowest BCUT2D eigenvalue weighted by molar-refractivity contribution is -0.133. The number of carbonyl (C=O) groups is 3. The van der Waals surface area contributed by atoms with Crippen molar-refractivity contribution in [3.8, 4) is 0 Å². The van der Waals surface area contributed by atoms with E-state index in [1.54, 1.807) is 42.2 Å². The topological polar surface area (TPSA) is 86.1 Å². The van der Waals surface area contributed by atoms with Crippen molar-refractivity contribution in [3.63, 3.8) is 0 Å². The highest BCUT2D eigenvalue weighted by Gasteiger charge is 2.51. The number of piperazine rings is 1. The largest absolute Gasteiger partial charge is 0.458 e. The molecule has 2 aromatic carbocycles. The number of amides is 4. The summed E-state index contributed by atoms with van der Waals surface area (Å²) in [4.78, 5) is 43.7.